The fraction of sp³-hybridized carbons (Fsp3) is 0.950. The van der Waals surface area contributed by atoms with Crippen molar-refractivity contribution < 1.29 is 5.11 Å². The molecule has 3 nitrogen and oxygen atoms in total. The lowest BCUT2D eigenvalue weighted by Gasteiger charge is -2.60. The van der Waals surface area contributed by atoms with Crippen LogP contribution in [0.2, 0.25) is 0 Å². The van der Waals surface area contributed by atoms with Gasteiger partial charge in [0.25, 0.3) is 0 Å². The van der Waals surface area contributed by atoms with Crippen LogP contribution in [-0.4, -0.2) is 24.0 Å². The molecule has 4 fully saturated rings. The average molecular weight is 319 g/mol. The minimum absolute atomic E-state index is 0.0419. The van der Waals surface area contributed by atoms with Gasteiger partial charge in [-0.25, -0.2) is 0 Å². The van der Waals surface area contributed by atoms with E-state index in [1.807, 2.05) is 7.05 Å². The van der Waals surface area contributed by atoms with Crippen molar-refractivity contribution in [3.05, 3.63) is 0 Å². The summed E-state index contributed by atoms with van der Waals surface area (Å²) in [5.41, 5.74) is 5.13. The summed E-state index contributed by atoms with van der Waals surface area (Å²) in [5.74, 6) is 3.37. The molecule has 2 N–H and O–H groups in total. The Balaban J connectivity index is 1.58. The van der Waals surface area contributed by atoms with Gasteiger partial charge >= 0.3 is 0 Å². The van der Waals surface area contributed by atoms with Crippen LogP contribution in [0.15, 0.2) is 5.10 Å². The molecule has 0 radical (unpaired) electrons. The van der Waals surface area contributed by atoms with Gasteiger partial charge in [0.05, 0.1) is 6.10 Å². The summed E-state index contributed by atoms with van der Waals surface area (Å²) >= 11 is 0. The molecule has 23 heavy (non-hydrogen) atoms. The molecule has 0 spiro atoms. The first-order valence-corrected chi connectivity index (χ1v) is 9.89. The van der Waals surface area contributed by atoms with Crippen molar-refractivity contribution in [2.45, 2.75) is 77.7 Å². The lowest BCUT2D eigenvalue weighted by atomic mass is 9.45. The molecule has 4 saturated carbocycles. The maximum atomic E-state index is 10.5. The Labute approximate surface area is 141 Å². The standard InChI is InChI=1S/C20H34N2O/c1-19-10-8-14(22-21-3)12-13(19)4-5-15-16-6-7-18(23)20(16,2)11-9-17(15)19/h13,15-18,21,23H,4-12H2,1-3H3. The number of hydrazone groups is 1. The SMILES string of the molecule is CNN=C1CCC2(C)C(CCC3C4CCC(O)C4(C)CCC32)C1. The highest BCUT2D eigenvalue weighted by molar-refractivity contribution is 5.85. The summed E-state index contributed by atoms with van der Waals surface area (Å²) in [6, 6.07) is 0. The molecule has 0 aromatic heterocycles. The molecular weight excluding hydrogens is 284 g/mol. The summed E-state index contributed by atoms with van der Waals surface area (Å²) in [6.45, 7) is 4.98. The van der Waals surface area contributed by atoms with E-state index < -0.39 is 0 Å². The molecule has 4 aliphatic carbocycles. The molecule has 130 valence electrons. The van der Waals surface area contributed by atoms with Crippen LogP contribution in [0.4, 0.5) is 0 Å². The molecule has 3 heteroatoms. The van der Waals surface area contributed by atoms with Crippen molar-refractivity contribution in [2.75, 3.05) is 7.05 Å². The second kappa shape index (κ2) is 5.47. The third kappa shape index (κ3) is 2.22. The molecule has 0 bridgehead atoms. The zero-order valence-corrected chi connectivity index (χ0v) is 15.1. The summed E-state index contributed by atoms with van der Waals surface area (Å²) in [4.78, 5) is 0. The van der Waals surface area contributed by atoms with Crippen LogP contribution in [0.3, 0.4) is 0 Å². The smallest absolute Gasteiger partial charge is 0.0596 e. The zero-order valence-electron chi connectivity index (χ0n) is 15.1. The van der Waals surface area contributed by atoms with E-state index in [0.29, 0.717) is 5.41 Å². The number of hydrogen-bond donors (Lipinski definition) is 2. The predicted octanol–water partition coefficient (Wildman–Crippen LogP) is 3.97. The largest absolute Gasteiger partial charge is 0.393 e. The van der Waals surface area contributed by atoms with Gasteiger partial charge in [-0.15, -0.1) is 0 Å². The van der Waals surface area contributed by atoms with E-state index in [1.54, 1.807) is 0 Å². The van der Waals surface area contributed by atoms with Crippen molar-refractivity contribution in [3.8, 4) is 0 Å². The Hall–Kier alpha value is -0.570. The van der Waals surface area contributed by atoms with E-state index in [9.17, 15) is 5.11 Å². The predicted molar refractivity (Wildman–Crippen MR) is 94.2 cm³/mol. The minimum Gasteiger partial charge on any atom is -0.393 e. The molecule has 4 rings (SSSR count). The van der Waals surface area contributed by atoms with Crippen LogP contribution in [0.25, 0.3) is 0 Å². The number of hydrogen-bond acceptors (Lipinski definition) is 3. The lowest BCUT2D eigenvalue weighted by molar-refractivity contribution is -0.112. The van der Waals surface area contributed by atoms with Crippen molar-refractivity contribution in [3.63, 3.8) is 0 Å². The Morgan fingerprint density at radius 3 is 2.57 bits per heavy atom. The third-order valence-electron chi connectivity index (χ3n) is 8.72. The van der Waals surface area contributed by atoms with Crippen LogP contribution >= 0.6 is 0 Å². The van der Waals surface area contributed by atoms with Gasteiger partial charge in [0.2, 0.25) is 0 Å². The third-order valence-corrected chi connectivity index (χ3v) is 8.72. The van der Waals surface area contributed by atoms with Gasteiger partial charge in [-0.2, -0.15) is 5.10 Å². The van der Waals surface area contributed by atoms with Crippen LogP contribution in [0.1, 0.15) is 71.6 Å². The number of aliphatic hydroxyl groups excluding tert-OH is 1. The van der Waals surface area contributed by atoms with E-state index in [1.165, 1.54) is 57.1 Å². The maximum absolute atomic E-state index is 10.5. The monoisotopic (exact) mass is 318 g/mol. The molecule has 7 atom stereocenters. The van der Waals surface area contributed by atoms with Crippen LogP contribution < -0.4 is 5.43 Å². The molecule has 0 aromatic carbocycles. The lowest BCUT2D eigenvalue weighted by Crippen LogP contribution is -2.54. The van der Waals surface area contributed by atoms with Gasteiger partial charge in [-0.1, -0.05) is 13.8 Å². The number of rotatable bonds is 1. The van der Waals surface area contributed by atoms with E-state index in [0.717, 1.165) is 30.1 Å². The number of aliphatic hydroxyl groups is 1. The first kappa shape index (κ1) is 15.9. The number of nitrogens with one attached hydrogen (secondary N) is 1. The van der Waals surface area contributed by atoms with Gasteiger partial charge in [0.15, 0.2) is 0 Å². The second-order valence-corrected chi connectivity index (χ2v) is 9.40. The van der Waals surface area contributed by atoms with E-state index in [-0.39, 0.29) is 11.5 Å². The number of nitrogens with zero attached hydrogens (tertiary/aromatic N) is 1. The Kier molecular flexibility index (Phi) is 3.79. The van der Waals surface area contributed by atoms with Crippen LogP contribution in [0, 0.1) is 34.5 Å². The Morgan fingerprint density at radius 2 is 1.78 bits per heavy atom. The summed E-state index contributed by atoms with van der Waals surface area (Å²) in [6.07, 6.45) is 11.4. The van der Waals surface area contributed by atoms with Crippen molar-refractivity contribution in [1.82, 2.24) is 5.43 Å². The highest BCUT2D eigenvalue weighted by Crippen LogP contribution is 2.65. The molecule has 0 heterocycles. The van der Waals surface area contributed by atoms with Gasteiger partial charge in [-0.05, 0) is 92.3 Å². The fourth-order valence-corrected chi connectivity index (χ4v) is 7.29. The van der Waals surface area contributed by atoms with Gasteiger partial charge < -0.3 is 10.5 Å². The van der Waals surface area contributed by atoms with Gasteiger partial charge in [0.1, 0.15) is 0 Å². The first-order chi connectivity index (χ1) is 11.0. The minimum atomic E-state index is -0.0419. The average Bonchev–Trinajstić information content (AvgIpc) is 2.84. The fourth-order valence-electron chi connectivity index (χ4n) is 7.29. The number of fused-ring (bicyclic) bond motifs is 5. The molecule has 4 aliphatic rings. The highest BCUT2D eigenvalue weighted by atomic mass is 16.3. The summed E-state index contributed by atoms with van der Waals surface area (Å²) < 4.78 is 0. The molecule has 7 unspecified atom stereocenters. The van der Waals surface area contributed by atoms with E-state index in [2.05, 4.69) is 24.4 Å². The van der Waals surface area contributed by atoms with E-state index in [4.69, 9.17) is 0 Å². The zero-order chi connectivity index (χ0) is 16.2. The summed E-state index contributed by atoms with van der Waals surface area (Å²) in [5, 5.41) is 15.1. The normalized spacial score (nSPS) is 54.3. The topological polar surface area (TPSA) is 44.6 Å². The quantitative estimate of drug-likeness (QED) is 0.719. The first-order valence-electron chi connectivity index (χ1n) is 9.89. The molecule has 0 aromatic rings. The van der Waals surface area contributed by atoms with Crippen LogP contribution in [0.5, 0.6) is 0 Å². The molecule has 0 saturated heterocycles. The Morgan fingerprint density at radius 1 is 1.00 bits per heavy atom. The van der Waals surface area contributed by atoms with Gasteiger partial charge in [-0.3, -0.25) is 0 Å². The molecule has 0 amide bonds. The molecule has 0 aliphatic heterocycles. The second-order valence-electron chi connectivity index (χ2n) is 9.40. The van der Waals surface area contributed by atoms with E-state index >= 15 is 0 Å². The van der Waals surface area contributed by atoms with Gasteiger partial charge in [0, 0.05) is 12.8 Å². The van der Waals surface area contributed by atoms with Crippen LogP contribution in [-0.2, 0) is 0 Å². The Bertz CT molecular complexity index is 504. The molecular formula is C20H34N2O. The van der Waals surface area contributed by atoms with Crippen molar-refractivity contribution in [1.29, 1.82) is 0 Å². The highest BCUT2D eigenvalue weighted by Gasteiger charge is 2.59. The summed E-state index contributed by atoms with van der Waals surface area (Å²) in [7, 11) is 1.92. The van der Waals surface area contributed by atoms with Crippen molar-refractivity contribution in [2.24, 2.45) is 39.6 Å². The maximum Gasteiger partial charge on any atom is 0.0596 e. The van der Waals surface area contributed by atoms with Crippen molar-refractivity contribution >= 4 is 5.71 Å².